The van der Waals surface area contributed by atoms with E-state index < -0.39 is 0 Å². The molecule has 10 aromatic rings. The van der Waals surface area contributed by atoms with Crippen LogP contribution in [0, 0.1) is 0 Å². The molecule has 0 bridgehead atoms. The van der Waals surface area contributed by atoms with Crippen molar-refractivity contribution < 1.29 is 0 Å². The van der Waals surface area contributed by atoms with Crippen LogP contribution in [0.15, 0.2) is 212 Å². The fourth-order valence-corrected chi connectivity index (χ4v) is 8.11. The van der Waals surface area contributed by atoms with Gasteiger partial charge in [-0.05, 0) is 102 Å². The van der Waals surface area contributed by atoms with Crippen molar-refractivity contribution in [3.8, 4) is 61.3 Å². The van der Waals surface area contributed by atoms with Crippen molar-refractivity contribution in [2.45, 2.75) is 0 Å². The van der Waals surface area contributed by atoms with Crippen LogP contribution in [0.2, 0.25) is 0 Å². The van der Waals surface area contributed by atoms with Crippen LogP contribution >= 0.6 is 0 Å². The second-order valence-corrected chi connectivity index (χ2v) is 13.7. The number of aromatic nitrogens is 1. The van der Waals surface area contributed by atoms with Gasteiger partial charge in [0.15, 0.2) is 0 Å². The van der Waals surface area contributed by atoms with Gasteiger partial charge in [0.05, 0.1) is 5.52 Å². The molecule has 53 heavy (non-hydrogen) atoms. The van der Waals surface area contributed by atoms with Crippen molar-refractivity contribution in [3.63, 3.8) is 0 Å². The molecule has 1 nitrogen and oxygen atoms in total. The lowest BCUT2D eigenvalue weighted by Crippen LogP contribution is -1.92. The Bertz CT molecular complexity index is 2920. The topological polar surface area (TPSA) is 4.93 Å². The molecule has 1 aromatic heterocycles. The Kier molecular flexibility index (Phi) is 7.55. The summed E-state index contributed by atoms with van der Waals surface area (Å²) in [5.41, 5.74) is 14.5. The lowest BCUT2D eigenvalue weighted by molar-refractivity contribution is 1.13. The van der Waals surface area contributed by atoms with Crippen molar-refractivity contribution in [1.29, 1.82) is 0 Å². The number of benzene rings is 9. The maximum Gasteiger partial charge on any atom is 0.0535 e. The molecule has 0 spiro atoms. The summed E-state index contributed by atoms with van der Waals surface area (Å²) in [6, 6.07) is 74.8. The van der Waals surface area contributed by atoms with Gasteiger partial charge in [-0.25, -0.2) is 0 Å². The molecule has 10 rings (SSSR count). The van der Waals surface area contributed by atoms with E-state index in [2.05, 4.69) is 217 Å². The van der Waals surface area contributed by atoms with Crippen LogP contribution in [-0.2, 0) is 0 Å². The molecule has 0 N–H and O–H groups in total. The smallest absolute Gasteiger partial charge is 0.0535 e. The zero-order valence-electron chi connectivity index (χ0n) is 29.2. The Hall–Kier alpha value is -6.96. The molecule has 0 aliphatic heterocycles. The summed E-state index contributed by atoms with van der Waals surface area (Å²) in [6.45, 7) is 0. The van der Waals surface area contributed by atoms with Gasteiger partial charge >= 0.3 is 0 Å². The third-order valence-corrected chi connectivity index (χ3v) is 10.7. The molecule has 0 saturated carbocycles. The summed E-state index contributed by atoms with van der Waals surface area (Å²) < 4.78 is 2.36. The summed E-state index contributed by atoms with van der Waals surface area (Å²) in [4.78, 5) is 0. The molecular weight excluding hydrogens is 639 g/mol. The fraction of sp³-hybridized carbons (Fsp3) is 0. The van der Waals surface area contributed by atoms with Crippen molar-refractivity contribution in [2.75, 3.05) is 0 Å². The molecule has 0 aliphatic carbocycles. The van der Waals surface area contributed by atoms with Gasteiger partial charge in [-0.3, -0.25) is 0 Å². The van der Waals surface area contributed by atoms with Crippen LogP contribution in [0.3, 0.4) is 0 Å². The molecule has 0 fully saturated rings. The van der Waals surface area contributed by atoms with Crippen molar-refractivity contribution in [1.82, 2.24) is 4.57 Å². The van der Waals surface area contributed by atoms with E-state index in [1.165, 1.54) is 88.1 Å². The summed E-state index contributed by atoms with van der Waals surface area (Å²) in [5.74, 6) is 0. The normalized spacial score (nSPS) is 11.4. The van der Waals surface area contributed by atoms with E-state index in [0.717, 1.165) is 5.69 Å². The zero-order valence-corrected chi connectivity index (χ0v) is 29.2. The zero-order chi connectivity index (χ0) is 35.1. The van der Waals surface area contributed by atoms with E-state index in [1.807, 2.05) is 0 Å². The second kappa shape index (κ2) is 13.0. The molecule has 248 valence electrons. The Morgan fingerprint density at radius 3 is 1.43 bits per heavy atom. The quantitative estimate of drug-likeness (QED) is 0.155. The van der Waals surface area contributed by atoms with Crippen molar-refractivity contribution >= 4 is 32.4 Å². The minimum absolute atomic E-state index is 1.13. The lowest BCUT2D eigenvalue weighted by Gasteiger charge is -2.13. The second-order valence-electron chi connectivity index (χ2n) is 13.7. The third kappa shape index (κ3) is 5.42. The van der Waals surface area contributed by atoms with Crippen LogP contribution in [-0.4, -0.2) is 4.57 Å². The Labute approximate surface area is 309 Å². The van der Waals surface area contributed by atoms with Gasteiger partial charge in [0.25, 0.3) is 0 Å². The largest absolute Gasteiger partial charge is 0.316 e. The predicted octanol–water partition coefficient (Wildman–Crippen LogP) is 14.3. The lowest BCUT2D eigenvalue weighted by atomic mass is 9.91. The maximum atomic E-state index is 2.39. The number of rotatable bonds is 6. The first-order chi connectivity index (χ1) is 26.3. The molecule has 0 aliphatic rings. The number of hydrogen-bond acceptors (Lipinski definition) is 0. The number of nitrogens with zero attached hydrogens (tertiary/aromatic N) is 1. The van der Waals surface area contributed by atoms with Gasteiger partial charge in [0.1, 0.15) is 0 Å². The molecule has 9 aromatic carbocycles. The SMILES string of the molecule is c1ccc(-c2ccccc2-c2ccc3c(c2)c(-c2ccccc2-c2ccccc2)cn3-c2ccc(-c3cc4ccccc4c4ccccc34)cc2)cc1. The highest BCUT2D eigenvalue weighted by molar-refractivity contribution is 6.13. The molecule has 0 amide bonds. The van der Waals surface area contributed by atoms with Crippen LogP contribution in [0.4, 0.5) is 0 Å². The summed E-state index contributed by atoms with van der Waals surface area (Å²) in [6.07, 6.45) is 2.33. The molecule has 0 radical (unpaired) electrons. The van der Waals surface area contributed by atoms with Gasteiger partial charge in [0, 0.05) is 22.8 Å². The highest BCUT2D eigenvalue weighted by Gasteiger charge is 2.18. The average Bonchev–Trinajstić information content (AvgIpc) is 3.63. The highest BCUT2D eigenvalue weighted by atomic mass is 15.0. The van der Waals surface area contributed by atoms with E-state index in [0.29, 0.717) is 0 Å². The maximum absolute atomic E-state index is 2.39. The van der Waals surface area contributed by atoms with Gasteiger partial charge in [-0.15, -0.1) is 0 Å². The molecular formula is C52H35N. The monoisotopic (exact) mass is 673 g/mol. The first-order valence-corrected chi connectivity index (χ1v) is 18.3. The summed E-state index contributed by atoms with van der Waals surface area (Å²) in [7, 11) is 0. The van der Waals surface area contributed by atoms with Gasteiger partial charge in [-0.1, -0.05) is 176 Å². The molecule has 0 atom stereocenters. The van der Waals surface area contributed by atoms with Gasteiger partial charge in [-0.2, -0.15) is 0 Å². The standard InChI is InChI=1S/C52H35N/c1-3-15-36(16-4-1)42-20-9-10-22-44(42)40-29-32-52-50(34-40)51(47-25-12-11-21-43(47)37-17-5-2-6-18-37)35-53(52)41-30-27-38(28-31-41)49-33-39-19-7-8-23-45(39)46-24-13-14-26-48(46)49/h1-35H. The predicted molar refractivity (Wildman–Crippen MR) is 225 cm³/mol. The summed E-state index contributed by atoms with van der Waals surface area (Å²) >= 11 is 0. The van der Waals surface area contributed by atoms with Gasteiger partial charge in [0.2, 0.25) is 0 Å². The highest BCUT2D eigenvalue weighted by Crippen LogP contribution is 2.42. The minimum atomic E-state index is 1.13. The minimum Gasteiger partial charge on any atom is -0.316 e. The first kappa shape index (κ1) is 30.8. The van der Waals surface area contributed by atoms with E-state index in [1.54, 1.807) is 0 Å². The third-order valence-electron chi connectivity index (χ3n) is 10.7. The van der Waals surface area contributed by atoms with Crippen molar-refractivity contribution in [3.05, 3.63) is 212 Å². The van der Waals surface area contributed by atoms with Crippen molar-refractivity contribution in [2.24, 2.45) is 0 Å². The average molecular weight is 674 g/mol. The van der Waals surface area contributed by atoms with Crippen LogP contribution in [0.5, 0.6) is 0 Å². The Balaban J connectivity index is 1.16. The van der Waals surface area contributed by atoms with E-state index in [4.69, 9.17) is 0 Å². The number of hydrogen-bond donors (Lipinski definition) is 0. The molecule has 1 heteroatoms. The first-order valence-electron chi connectivity index (χ1n) is 18.3. The molecule has 1 heterocycles. The molecule has 0 saturated heterocycles. The van der Waals surface area contributed by atoms with Crippen LogP contribution in [0.25, 0.3) is 93.8 Å². The van der Waals surface area contributed by atoms with Crippen LogP contribution in [0.1, 0.15) is 0 Å². The summed E-state index contributed by atoms with van der Waals surface area (Å²) in [5, 5.41) is 6.32. The van der Waals surface area contributed by atoms with E-state index in [9.17, 15) is 0 Å². The molecule has 0 unspecified atom stereocenters. The Morgan fingerprint density at radius 1 is 0.264 bits per heavy atom. The Morgan fingerprint density at radius 2 is 0.755 bits per heavy atom. The van der Waals surface area contributed by atoms with E-state index in [-0.39, 0.29) is 0 Å². The van der Waals surface area contributed by atoms with Gasteiger partial charge < -0.3 is 4.57 Å². The number of fused-ring (bicyclic) bond motifs is 4. The van der Waals surface area contributed by atoms with E-state index >= 15 is 0 Å². The van der Waals surface area contributed by atoms with Crippen LogP contribution < -0.4 is 0 Å². The fourth-order valence-electron chi connectivity index (χ4n) is 8.11.